The molecule has 0 spiro atoms. The van der Waals surface area contributed by atoms with Crippen molar-refractivity contribution in [1.29, 1.82) is 0 Å². The number of nitrogens with one attached hydrogen (secondary N) is 1. The SMILES string of the molecule is CC(C)(C)OC(=O)N1CCC[C@@H](NCc2ccccn2)C1. The van der Waals surface area contributed by atoms with Gasteiger partial charge in [-0.15, -0.1) is 0 Å². The predicted octanol–water partition coefficient (Wildman–Crippen LogP) is 2.57. The molecule has 1 aliphatic rings. The van der Waals surface area contributed by atoms with Crippen molar-refractivity contribution in [3.63, 3.8) is 0 Å². The van der Waals surface area contributed by atoms with Gasteiger partial charge in [0.15, 0.2) is 0 Å². The molecule has 116 valence electrons. The number of rotatable bonds is 3. The number of pyridine rings is 1. The number of carbonyl (C=O) groups excluding carboxylic acids is 1. The summed E-state index contributed by atoms with van der Waals surface area (Å²) in [6, 6.07) is 6.20. The molecule has 0 aliphatic carbocycles. The summed E-state index contributed by atoms with van der Waals surface area (Å²) in [5, 5.41) is 3.47. The lowest BCUT2D eigenvalue weighted by Crippen LogP contribution is -2.49. The van der Waals surface area contributed by atoms with Crippen molar-refractivity contribution < 1.29 is 9.53 Å². The zero-order valence-electron chi connectivity index (χ0n) is 13.1. The van der Waals surface area contributed by atoms with Gasteiger partial charge in [0, 0.05) is 31.9 Å². The summed E-state index contributed by atoms with van der Waals surface area (Å²) in [5.41, 5.74) is 0.581. The van der Waals surface area contributed by atoms with E-state index in [1.165, 1.54) is 0 Å². The summed E-state index contributed by atoms with van der Waals surface area (Å²) in [5.74, 6) is 0. The third-order valence-corrected chi connectivity index (χ3v) is 3.37. The maximum atomic E-state index is 12.1. The summed E-state index contributed by atoms with van der Waals surface area (Å²) in [4.78, 5) is 18.2. The van der Waals surface area contributed by atoms with Crippen LogP contribution < -0.4 is 5.32 Å². The highest BCUT2D eigenvalue weighted by Crippen LogP contribution is 2.15. The Hall–Kier alpha value is -1.62. The van der Waals surface area contributed by atoms with E-state index in [0.717, 1.165) is 31.6 Å². The molecule has 21 heavy (non-hydrogen) atoms. The highest BCUT2D eigenvalue weighted by atomic mass is 16.6. The number of ether oxygens (including phenoxy) is 1. The number of carbonyl (C=O) groups is 1. The Morgan fingerprint density at radius 2 is 2.29 bits per heavy atom. The molecule has 1 fully saturated rings. The lowest BCUT2D eigenvalue weighted by Gasteiger charge is -2.34. The highest BCUT2D eigenvalue weighted by molar-refractivity contribution is 5.68. The first-order valence-electron chi connectivity index (χ1n) is 7.55. The molecule has 0 aromatic carbocycles. The van der Waals surface area contributed by atoms with Crippen molar-refractivity contribution in [2.24, 2.45) is 0 Å². The lowest BCUT2D eigenvalue weighted by atomic mass is 10.1. The Bertz CT molecular complexity index is 456. The fourth-order valence-electron chi connectivity index (χ4n) is 2.39. The second kappa shape index (κ2) is 6.89. The molecule has 1 atom stereocenters. The quantitative estimate of drug-likeness (QED) is 0.930. The summed E-state index contributed by atoms with van der Waals surface area (Å²) in [6.07, 6.45) is 3.66. The van der Waals surface area contributed by atoms with Crippen LogP contribution in [0.4, 0.5) is 4.79 Å². The van der Waals surface area contributed by atoms with E-state index in [2.05, 4.69) is 10.3 Å². The third kappa shape index (κ3) is 5.34. The first-order valence-corrected chi connectivity index (χ1v) is 7.55. The lowest BCUT2D eigenvalue weighted by molar-refractivity contribution is 0.0187. The van der Waals surface area contributed by atoms with Gasteiger partial charge in [-0.3, -0.25) is 4.98 Å². The van der Waals surface area contributed by atoms with Gasteiger partial charge < -0.3 is 15.0 Å². The van der Waals surface area contributed by atoms with Crippen molar-refractivity contribution in [3.8, 4) is 0 Å². The fourth-order valence-corrected chi connectivity index (χ4v) is 2.39. The van der Waals surface area contributed by atoms with Gasteiger partial charge in [-0.25, -0.2) is 4.79 Å². The van der Waals surface area contributed by atoms with Gasteiger partial charge in [0.1, 0.15) is 5.60 Å². The molecule has 0 saturated carbocycles. The summed E-state index contributed by atoms with van der Waals surface area (Å²) in [6.45, 7) is 7.88. The van der Waals surface area contributed by atoms with Crippen LogP contribution in [0.2, 0.25) is 0 Å². The van der Waals surface area contributed by atoms with E-state index in [4.69, 9.17) is 4.74 Å². The largest absolute Gasteiger partial charge is 0.444 e. The van der Waals surface area contributed by atoms with E-state index < -0.39 is 5.60 Å². The van der Waals surface area contributed by atoms with E-state index in [-0.39, 0.29) is 6.09 Å². The van der Waals surface area contributed by atoms with Gasteiger partial charge in [0.25, 0.3) is 0 Å². The Kier molecular flexibility index (Phi) is 5.17. The maximum absolute atomic E-state index is 12.1. The van der Waals surface area contributed by atoms with Crippen molar-refractivity contribution in [2.45, 2.75) is 51.8 Å². The standard InChI is InChI=1S/C16H25N3O2/c1-16(2,3)21-15(20)19-10-6-8-14(12-19)18-11-13-7-4-5-9-17-13/h4-5,7,9,14,18H,6,8,10-12H2,1-3H3/t14-/m1/s1. The first-order chi connectivity index (χ1) is 9.94. The minimum atomic E-state index is -0.439. The van der Waals surface area contributed by atoms with Crippen molar-refractivity contribution >= 4 is 6.09 Å². The monoisotopic (exact) mass is 291 g/mol. The van der Waals surface area contributed by atoms with Gasteiger partial charge in [0.2, 0.25) is 0 Å². The van der Waals surface area contributed by atoms with Gasteiger partial charge in [0.05, 0.1) is 5.69 Å². The predicted molar refractivity (Wildman–Crippen MR) is 81.9 cm³/mol. The Labute approximate surface area is 126 Å². The molecule has 2 rings (SSSR count). The second-order valence-electron chi connectivity index (χ2n) is 6.47. The molecule has 1 saturated heterocycles. The Morgan fingerprint density at radius 3 is 2.95 bits per heavy atom. The van der Waals surface area contributed by atoms with Crippen LogP contribution in [0.25, 0.3) is 0 Å². The Morgan fingerprint density at radius 1 is 1.48 bits per heavy atom. The molecule has 1 aliphatic heterocycles. The zero-order valence-corrected chi connectivity index (χ0v) is 13.1. The molecular formula is C16H25N3O2. The van der Waals surface area contributed by atoms with Crippen molar-refractivity contribution in [2.75, 3.05) is 13.1 Å². The van der Waals surface area contributed by atoms with Crippen molar-refractivity contribution in [1.82, 2.24) is 15.2 Å². The highest BCUT2D eigenvalue weighted by Gasteiger charge is 2.27. The van der Waals surface area contributed by atoms with Crippen LogP contribution in [0.5, 0.6) is 0 Å². The van der Waals surface area contributed by atoms with Gasteiger partial charge in [-0.05, 0) is 45.7 Å². The summed E-state index contributed by atoms with van der Waals surface area (Å²) < 4.78 is 5.44. The molecule has 5 nitrogen and oxygen atoms in total. The van der Waals surface area contributed by atoms with E-state index in [0.29, 0.717) is 12.6 Å². The summed E-state index contributed by atoms with van der Waals surface area (Å²) >= 11 is 0. The first kappa shape index (κ1) is 15.8. The molecule has 1 aromatic rings. The number of hydrogen-bond donors (Lipinski definition) is 1. The number of likely N-dealkylation sites (tertiary alicyclic amines) is 1. The van der Waals surface area contributed by atoms with Gasteiger partial charge >= 0.3 is 6.09 Å². The van der Waals surface area contributed by atoms with Crippen molar-refractivity contribution in [3.05, 3.63) is 30.1 Å². The van der Waals surface area contributed by atoms with E-state index in [1.807, 2.05) is 39.0 Å². The van der Waals surface area contributed by atoms with E-state index in [9.17, 15) is 4.79 Å². The maximum Gasteiger partial charge on any atom is 0.410 e. The topological polar surface area (TPSA) is 54.5 Å². The second-order valence-corrected chi connectivity index (χ2v) is 6.47. The number of piperidine rings is 1. The molecule has 0 unspecified atom stereocenters. The summed E-state index contributed by atoms with van der Waals surface area (Å²) in [7, 11) is 0. The fraction of sp³-hybridized carbons (Fsp3) is 0.625. The average Bonchev–Trinajstić information content (AvgIpc) is 2.45. The van der Waals surface area contributed by atoms with Gasteiger partial charge in [-0.1, -0.05) is 6.07 Å². The van der Waals surface area contributed by atoms with Crippen LogP contribution >= 0.6 is 0 Å². The number of nitrogens with zero attached hydrogens (tertiary/aromatic N) is 2. The normalized spacial score (nSPS) is 19.4. The molecule has 1 N–H and O–H groups in total. The van der Waals surface area contributed by atoms with Crippen LogP contribution in [0, 0.1) is 0 Å². The van der Waals surface area contributed by atoms with Crippen LogP contribution in [0.1, 0.15) is 39.3 Å². The smallest absolute Gasteiger partial charge is 0.410 e. The molecule has 0 radical (unpaired) electrons. The van der Waals surface area contributed by atoms with Crippen LogP contribution in [-0.4, -0.2) is 40.7 Å². The number of amides is 1. The molecule has 1 aromatic heterocycles. The molecule has 2 heterocycles. The molecule has 1 amide bonds. The zero-order chi connectivity index (χ0) is 15.3. The molecule has 5 heteroatoms. The van der Waals surface area contributed by atoms with Crippen LogP contribution in [0.15, 0.2) is 24.4 Å². The minimum Gasteiger partial charge on any atom is -0.444 e. The Balaban J connectivity index is 1.82. The van der Waals surface area contributed by atoms with E-state index >= 15 is 0 Å². The van der Waals surface area contributed by atoms with Crippen LogP contribution in [-0.2, 0) is 11.3 Å². The number of aromatic nitrogens is 1. The minimum absolute atomic E-state index is 0.216. The average molecular weight is 291 g/mol. The molecular weight excluding hydrogens is 266 g/mol. The molecule has 0 bridgehead atoms. The van der Waals surface area contributed by atoms with Crippen LogP contribution in [0.3, 0.4) is 0 Å². The van der Waals surface area contributed by atoms with Gasteiger partial charge in [-0.2, -0.15) is 0 Å². The number of hydrogen-bond acceptors (Lipinski definition) is 4. The third-order valence-electron chi connectivity index (χ3n) is 3.37. The van der Waals surface area contributed by atoms with E-state index in [1.54, 1.807) is 11.1 Å².